The lowest BCUT2D eigenvalue weighted by Crippen LogP contribution is -2.21. The molecule has 3 rings (SSSR count). The molecular weight excluding hydrogens is 290 g/mol. The molecule has 6 heteroatoms. The van der Waals surface area contributed by atoms with Crippen molar-refractivity contribution in [1.29, 1.82) is 0 Å². The maximum atomic E-state index is 12.2. The highest BCUT2D eigenvalue weighted by Crippen LogP contribution is 2.17. The normalized spacial score (nSPS) is 10.3. The quantitative estimate of drug-likeness (QED) is 0.777. The summed E-state index contributed by atoms with van der Waals surface area (Å²) in [5.74, 6) is 1.09. The topological polar surface area (TPSA) is 71.8 Å². The molecule has 23 heavy (non-hydrogen) atoms. The van der Waals surface area contributed by atoms with Gasteiger partial charge in [-0.1, -0.05) is 24.3 Å². The van der Waals surface area contributed by atoms with Crippen LogP contribution in [-0.2, 0) is 0 Å². The highest BCUT2D eigenvalue weighted by atomic mass is 16.2. The molecule has 0 aliphatic heterocycles. The Kier molecular flexibility index (Phi) is 4.05. The van der Waals surface area contributed by atoms with E-state index in [-0.39, 0.29) is 6.03 Å². The third-order valence-electron chi connectivity index (χ3n) is 3.23. The van der Waals surface area contributed by atoms with Crippen LogP contribution in [0.5, 0.6) is 0 Å². The number of hydrogen-bond donors (Lipinski definition) is 2. The van der Waals surface area contributed by atoms with Crippen molar-refractivity contribution in [3.63, 3.8) is 0 Å². The first-order valence-corrected chi connectivity index (χ1v) is 7.24. The molecule has 0 aliphatic rings. The monoisotopic (exact) mass is 307 g/mol. The number of benzene rings is 1. The molecule has 3 aromatic rings. The number of aryl methyl sites for hydroxylation is 2. The van der Waals surface area contributed by atoms with Crippen molar-refractivity contribution in [3.8, 4) is 5.69 Å². The van der Waals surface area contributed by atoms with Gasteiger partial charge in [-0.25, -0.2) is 14.5 Å². The van der Waals surface area contributed by atoms with Gasteiger partial charge >= 0.3 is 6.03 Å². The molecule has 0 radical (unpaired) electrons. The summed E-state index contributed by atoms with van der Waals surface area (Å²) in [5.41, 5.74) is 2.73. The Bertz CT molecular complexity index is 809. The predicted octanol–water partition coefficient (Wildman–Crippen LogP) is 3.53. The maximum absolute atomic E-state index is 12.2. The molecule has 0 spiro atoms. The molecule has 116 valence electrons. The zero-order valence-electron chi connectivity index (χ0n) is 12.9. The Balaban J connectivity index is 1.77. The minimum atomic E-state index is -0.363. The van der Waals surface area contributed by atoms with Crippen molar-refractivity contribution in [2.45, 2.75) is 13.8 Å². The van der Waals surface area contributed by atoms with Gasteiger partial charge in [-0.05, 0) is 37.6 Å². The number of pyridine rings is 1. The SMILES string of the molecule is Cc1ccc(NC(=O)Nc2cc(C)nn2-c2ccccc2)nc1. The molecule has 2 amide bonds. The lowest BCUT2D eigenvalue weighted by Gasteiger charge is -2.09. The number of carbonyl (C=O) groups excluding carboxylic acids is 1. The van der Waals surface area contributed by atoms with Crippen LogP contribution < -0.4 is 10.6 Å². The molecule has 2 aromatic heterocycles. The van der Waals surface area contributed by atoms with Gasteiger partial charge in [0.15, 0.2) is 0 Å². The summed E-state index contributed by atoms with van der Waals surface area (Å²) >= 11 is 0. The van der Waals surface area contributed by atoms with E-state index < -0.39 is 0 Å². The van der Waals surface area contributed by atoms with E-state index in [2.05, 4.69) is 20.7 Å². The number of rotatable bonds is 3. The van der Waals surface area contributed by atoms with Gasteiger partial charge < -0.3 is 0 Å². The lowest BCUT2D eigenvalue weighted by molar-refractivity contribution is 0.262. The number of amides is 2. The number of nitrogens with zero attached hydrogens (tertiary/aromatic N) is 3. The van der Waals surface area contributed by atoms with Gasteiger partial charge in [0.25, 0.3) is 0 Å². The van der Waals surface area contributed by atoms with E-state index in [1.54, 1.807) is 16.9 Å². The number of hydrogen-bond acceptors (Lipinski definition) is 3. The van der Waals surface area contributed by atoms with Crippen LogP contribution in [0.4, 0.5) is 16.4 Å². The van der Waals surface area contributed by atoms with Crippen LogP contribution in [0.15, 0.2) is 54.7 Å². The summed E-state index contributed by atoms with van der Waals surface area (Å²) in [6.07, 6.45) is 1.70. The van der Waals surface area contributed by atoms with Gasteiger partial charge in [-0.15, -0.1) is 0 Å². The zero-order valence-corrected chi connectivity index (χ0v) is 12.9. The number of anilines is 2. The van der Waals surface area contributed by atoms with E-state index >= 15 is 0 Å². The first kappa shape index (κ1) is 14.8. The number of para-hydroxylation sites is 1. The van der Waals surface area contributed by atoms with Gasteiger partial charge in [0.2, 0.25) is 0 Å². The van der Waals surface area contributed by atoms with Gasteiger partial charge in [0, 0.05) is 12.3 Å². The van der Waals surface area contributed by atoms with Crippen LogP contribution >= 0.6 is 0 Å². The first-order valence-electron chi connectivity index (χ1n) is 7.24. The van der Waals surface area contributed by atoms with Crippen LogP contribution in [0, 0.1) is 13.8 Å². The standard InChI is InChI=1S/C17H17N5O/c1-12-8-9-15(18-11-12)19-17(23)20-16-10-13(2)21-22(16)14-6-4-3-5-7-14/h3-11H,1-2H3,(H2,18,19,20,23). The fraction of sp³-hybridized carbons (Fsp3) is 0.118. The highest BCUT2D eigenvalue weighted by molar-refractivity contribution is 5.98. The molecule has 0 saturated carbocycles. The molecule has 0 fully saturated rings. The van der Waals surface area contributed by atoms with Crippen molar-refractivity contribution < 1.29 is 4.79 Å². The number of nitrogens with one attached hydrogen (secondary N) is 2. The summed E-state index contributed by atoms with van der Waals surface area (Å²) in [7, 11) is 0. The fourth-order valence-corrected chi connectivity index (χ4v) is 2.16. The molecule has 6 nitrogen and oxygen atoms in total. The third-order valence-corrected chi connectivity index (χ3v) is 3.23. The molecule has 1 aromatic carbocycles. The van der Waals surface area contributed by atoms with Crippen molar-refractivity contribution in [2.24, 2.45) is 0 Å². The Morgan fingerprint density at radius 2 is 1.83 bits per heavy atom. The Morgan fingerprint density at radius 1 is 1.04 bits per heavy atom. The van der Waals surface area contributed by atoms with E-state index in [0.29, 0.717) is 11.6 Å². The summed E-state index contributed by atoms with van der Waals surface area (Å²) in [6, 6.07) is 14.7. The molecule has 0 bridgehead atoms. The smallest absolute Gasteiger partial charge is 0.292 e. The minimum Gasteiger partial charge on any atom is -0.292 e. The van der Waals surface area contributed by atoms with Crippen LogP contribution in [-0.4, -0.2) is 20.8 Å². The van der Waals surface area contributed by atoms with Gasteiger partial charge in [-0.3, -0.25) is 10.6 Å². The second kappa shape index (κ2) is 6.31. The minimum absolute atomic E-state index is 0.363. The fourth-order valence-electron chi connectivity index (χ4n) is 2.16. The van der Waals surface area contributed by atoms with E-state index in [1.165, 1.54) is 0 Å². The second-order valence-electron chi connectivity index (χ2n) is 5.22. The first-order chi connectivity index (χ1) is 11.1. The zero-order chi connectivity index (χ0) is 16.2. The molecule has 0 saturated heterocycles. The lowest BCUT2D eigenvalue weighted by atomic mass is 10.3. The molecule has 0 unspecified atom stereocenters. The highest BCUT2D eigenvalue weighted by Gasteiger charge is 2.11. The summed E-state index contributed by atoms with van der Waals surface area (Å²) in [6.45, 7) is 3.82. The number of aromatic nitrogens is 3. The van der Waals surface area contributed by atoms with Crippen molar-refractivity contribution in [1.82, 2.24) is 14.8 Å². The van der Waals surface area contributed by atoms with Crippen molar-refractivity contribution in [3.05, 3.63) is 66.0 Å². The molecule has 0 aliphatic carbocycles. The number of urea groups is 1. The average molecular weight is 307 g/mol. The Hall–Kier alpha value is -3.15. The van der Waals surface area contributed by atoms with Crippen molar-refractivity contribution in [2.75, 3.05) is 10.6 Å². The summed E-state index contributed by atoms with van der Waals surface area (Å²) in [4.78, 5) is 16.3. The van der Waals surface area contributed by atoms with Crippen LogP contribution in [0.1, 0.15) is 11.3 Å². The van der Waals surface area contributed by atoms with Crippen LogP contribution in [0.2, 0.25) is 0 Å². The van der Waals surface area contributed by atoms with E-state index in [4.69, 9.17) is 0 Å². The predicted molar refractivity (Wildman–Crippen MR) is 89.9 cm³/mol. The van der Waals surface area contributed by atoms with Gasteiger partial charge in [0.1, 0.15) is 11.6 Å². The summed E-state index contributed by atoms with van der Waals surface area (Å²) in [5, 5.41) is 9.92. The summed E-state index contributed by atoms with van der Waals surface area (Å²) < 4.78 is 1.69. The Labute approximate surface area is 134 Å². The van der Waals surface area contributed by atoms with E-state index in [1.807, 2.05) is 56.3 Å². The molecule has 2 heterocycles. The molecular formula is C17H17N5O. The molecule has 0 atom stereocenters. The second-order valence-corrected chi connectivity index (χ2v) is 5.22. The molecule has 2 N–H and O–H groups in total. The largest absolute Gasteiger partial charge is 0.326 e. The van der Waals surface area contributed by atoms with Gasteiger partial charge in [-0.2, -0.15) is 5.10 Å². The van der Waals surface area contributed by atoms with Gasteiger partial charge in [0.05, 0.1) is 11.4 Å². The van der Waals surface area contributed by atoms with Crippen LogP contribution in [0.25, 0.3) is 5.69 Å². The number of carbonyl (C=O) groups is 1. The van der Waals surface area contributed by atoms with E-state index in [0.717, 1.165) is 16.9 Å². The van der Waals surface area contributed by atoms with E-state index in [9.17, 15) is 4.79 Å². The average Bonchev–Trinajstić information content (AvgIpc) is 2.91. The van der Waals surface area contributed by atoms with Crippen molar-refractivity contribution >= 4 is 17.7 Å². The van der Waals surface area contributed by atoms with Crippen LogP contribution in [0.3, 0.4) is 0 Å². The Morgan fingerprint density at radius 3 is 2.52 bits per heavy atom. The maximum Gasteiger partial charge on any atom is 0.326 e. The third kappa shape index (κ3) is 3.55.